The summed E-state index contributed by atoms with van der Waals surface area (Å²) in [6.07, 6.45) is 0.965. The normalized spacial score (nSPS) is 24.7. The SMILES string of the molecule is CON(C)C(=O)C1CC1c1cccs1. The van der Waals surface area contributed by atoms with E-state index in [0.29, 0.717) is 5.92 Å². The number of amides is 1. The molecule has 14 heavy (non-hydrogen) atoms. The quantitative estimate of drug-likeness (QED) is 0.714. The predicted octanol–water partition coefficient (Wildman–Crippen LogP) is 1.87. The highest BCUT2D eigenvalue weighted by Gasteiger charge is 2.46. The molecule has 2 rings (SSSR count). The van der Waals surface area contributed by atoms with Gasteiger partial charge in [-0.3, -0.25) is 9.63 Å². The number of nitrogens with zero attached hydrogens (tertiary/aromatic N) is 1. The molecule has 2 atom stereocenters. The van der Waals surface area contributed by atoms with Crippen molar-refractivity contribution in [3.05, 3.63) is 22.4 Å². The number of carbonyl (C=O) groups is 1. The van der Waals surface area contributed by atoms with Gasteiger partial charge in [0, 0.05) is 23.8 Å². The molecule has 0 spiro atoms. The van der Waals surface area contributed by atoms with Crippen molar-refractivity contribution >= 4 is 17.2 Å². The minimum atomic E-state index is 0.0888. The smallest absolute Gasteiger partial charge is 0.249 e. The van der Waals surface area contributed by atoms with Crippen molar-refractivity contribution in [2.75, 3.05) is 14.2 Å². The van der Waals surface area contributed by atoms with Crippen LogP contribution in [0.5, 0.6) is 0 Å². The third-order valence-corrected chi connectivity index (χ3v) is 3.60. The highest BCUT2D eigenvalue weighted by molar-refractivity contribution is 7.10. The van der Waals surface area contributed by atoms with Crippen LogP contribution < -0.4 is 0 Å². The van der Waals surface area contributed by atoms with Gasteiger partial charge >= 0.3 is 0 Å². The molecule has 1 heterocycles. The highest BCUT2D eigenvalue weighted by Crippen LogP contribution is 2.49. The molecule has 0 radical (unpaired) electrons. The zero-order chi connectivity index (χ0) is 10.1. The van der Waals surface area contributed by atoms with Gasteiger partial charge in [-0.05, 0) is 17.9 Å². The van der Waals surface area contributed by atoms with E-state index in [2.05, 4.69) is 11.4 Å². The van der Waals surface area contributed by atoms with E-state index in [4.69, 9.17) is 4.84 Å². The molecular formula is C10H13NO2S. The second-order valence-electron chi connectivity index (χ2n) is 3.48. The molecule has 0 bridgehead atoms. The summed E-state index contributed by atoms with van der Waals surface area (Å²) in [7, 11) is 3.17. The highest BCUT2D eigenvalue weighted by atomic mass is 32.1. The minimum absolute atomic E-state index is 0.0888. The second-order valence-corrected chi connectivity index (χ2v) is 4.46. The Kier molecular flexibility index (Phi) is 2.56. The Balaban J connectivity index is 1.96. The fourth-order valence-electron chi connectivity index (χ4n) is 1.61. The second kappa shape index (κ2) is 3.71. The van der Waals surface area contributed by atoms with Gasteiger partial charge in [0.25, 0.3) is 0 Å². The summed E-state index contributed by atoms with van der Waals surface area (Å²) < 4.78 is 0. The standard InChI is InChI=1S/C10H13NO2S/c1-11(13-2)10(12)8-6-7(8)9-4-3-5-14-9/h3-5,7-8H,6H2,1-2H3. The lowest BCUT2D eigenvalue weighted by atomic mass is 10.2. The first-order chi connectivity index (χ1) is 6.74. The summed E-state index contributed by atoms with van der Waals surface area (Å²) in [5.41, 5.74) is 0. The van der Waals surface area contributed by atoms with Crippen LogP contribution in [0.1, 0.15) is 17.2 Å². The average Bonchev–Trinajstić information content (AvgIpc) is 2.82. The number of hydrogen-bond donors (Lipinski definition) is 0. The number of thiophene rings is 1. The summed E-state index contributed by atoms with van der Waals surface area (Å²) in [5.74, 6) is 0.657. The molecule has 1 aromatic rings. The zero-order valence-corrected chi connectivity index (χ0v) is 9.08. The monoisotopic (exact) mass is 211 g/mol. The van der Waals surface area contributed by atoms with Crippen molar-refractivity contribution in [2.45, 2.75) is 12.3 Å². The Labute approximate surface area is 87.2 Å². The molecule has 1 aliphatic rings. The first-order valence-corrected chi connectivity index (χ1v) is 5.47. The van der Waals surface area contributed by atoms with E-state index in [0.717, 1.165) is 6.42 Å². The number of hydrogen-bond acceptors (Lipinski definition) is 3. The lowest BCUT2D eigenvalue weighted by Gasteiger charge is -2.12. The fraction of sp³-hybridized carbons (Fsp3) is 0.500. The topological polar surface area (TPSA) is 29.5 Å². The number of carbonyl (C=O) groups excluding carboxylic acids is 1. The summed E-state index contributed by atoms with van der Waals surface area (Å²) in [6, 6.07) is 4.12. The Morgan fingerprint density at radius 2 is 2.50 bits per heavy atom. The molecule has 1 aromatic heterocycles. The van der Waals surface area contributed by atoms with Crippen LogP contribution in [0.15, 0.2) is 17.5 Å². The van der Waals surface area contributed by atoms with E-state index in [1.165, 1.54) is 17.1 Å². The van der Waals surface area contributed by atoms with E-state index >= 15 is 0 Å². The third kappa shape index (κ3) is 1.67. The van der Waals surface area contributed by atoms with Gasteiger partial charge < -0.3 is 0 Å². The van der Waals surface area contributed by atoms with Gasteiger partial charge in [0.2, 0.25) is 5.91 Å². The van der Waals surface area contributed by atoms with Gasteiger partial charge in [-0.15, -0.1) is 11.3 Å². The van der Waals surface area contributed by atoms with Gasteiger partial charge in [-0.2, -0.15) is 0 Å². The Hall–Kier alpha value is -0.870. The van der Waals surface area contributed by atoms with Gasteiger partial charge in [0.1, 0.15) is 0 Å². The molecular weight excluding hydrogens is 198 g/mol. The summed E-state index contributed by atoms with van der Waals surface area (Å²) in [4.78, 5) is 17.8. The molecule has 1 fully saturated rings. The van der Waals surface area contributed by atoms with Gasteiger partial charge in [-0.1, -0.05) is 6.07 Å². The third-order valence-electron chi connectivity index (χ3n) is 2.60. The van der Waals surface area contributed by atoms with Crippen molar-refractivity contribution in [2.24, 2.45) is 5.92 Å². The minimum Gasteiger partial charge on any atom is -0.275 e. The van der Waals surface area contributed by atoms with Crippen molar-refractivity contribution in [3.8, 4) is 0 Å². The van der Waals surface area contributed by atoms with Gasteiger partial charge in [0.05, 0.1) is 7.11 Å². The maximum atomic E-state index is 11.6. The van der Waals surface area contributed by atoms with Crippen molar-refractivity contribution in [3.63, 3.8) is 0 Å². The largest absolute Gasteiger partial charge is 0.275 e. The van der Waals surface area contributed by atoms with E-state index in [-0.39, 0.29) is 11.8 Å². The molecule has 76 valence electrons. The molecule has 0 aliphatic heterocycles. The van der Waals surface area contributed by atoms with Gasteiger partial charge in [-0.25, -0.2) is 5.06 Å². The van der Waals surface area contributed by atoms with Crippen LogP contribution >= 0.6 is 11.3 Å². The number of rotatable bonds is 3. The summed E-state index contributed by atoms with van der Waals surface area (Å²) >= 11 is 1.72. The Morgan fingerprint density at radius 1 is 1.71 bits per heavy atom. The van der Waals surface area contributed by atoms with E-state index in [9.17, 15) is 4.79 Å². The van der Waals surface area contributed by atoms with Crippen molar-refractivity contribution < 1.29 is 9.63 Å². The lowest BCUT2D eigenvalue weighted by molar-refractivity contribution is -0.170. The van der Waals surface area contributed by atoms with E-state index in [1.807, 2.05) is 6.07 Å². The number of hydroxylamine groups is 2. The van der Waals surface area contributed by atoms with Crippen LogP contribution in [0.3, 0.4) is 0 Å². The van der Waals surface area contributed by atoms with Crippen LogP contribution in [0, 0.1) is 5.92 Å². The van der Waals surface area contributed by atoms with Crippen LogP contribution in [-0.2, 0) is 9.63 Å². The molecule has 1 saturated carbocycles. The molecule has 1 aliphatic carbocycles. The fourth-order valence-corrected chi connectivity index (χ4v) is 2.51. The van der Waals surface area contributed by atoms with E-state index < -0.39 is 0 Å². The maximum absolute atomic E-state index is 11.6. The molecule has 3 nitrogen and oxygen atoms in total. The molecule has 2 unspecified atom stereocenters. The first kappa shape index (κ1) is 9.68. The van der Waals surface area contributed by atoms with Crippen molar-refractivity contribution in [1.29, 1.82) is 0 Å². The Bertz CT molecular complexity index is 323. The summed E-state index contributed by atoms with van der Waals surface area (Å²) in [6.45, 7) is 0. The average molecular weight is 211 g/mol. The molecule has 0 N–H and O–H groups in total. The zero-order valence-electron chi connectivity index (χ0n) is 8.27. The maximum Gasteiger partial charge on any atom is 0.249 e. The molecule has 0 aromatic carbocycles. The van der Waals surface area contributed by atoms with Crippen LogP contribution in [-0.4, -0.2) is 25.1 Å². The molecule has 0 saturated heterocycles. The Morgan fingerprint density at radius 3 is 3.07 bits per heavy atom. The van der Waals surface area contributed by atoms with Crippen LogP contribution in [0.25, 0.3) is 0 Å². The molecule has 4 heteroatoms. The van der Waals surface area contributed by atoms with Crippen molar-refractivity contribution in [1.82, 2.24) is 5.06 Å². The van der Waals surface area contributed by atoms with Gasteiger partial charge in [0.15, 0.2) is 0 Å². The first-order valence-electron chi connectivity index (χ1n) is 4.59. The lowest BCUT2D eigenvalue weighted by Crippen LogP contribution is -2.27. The van der Waals surface area contributed by atoms with Crippen LogP contribution in [0.2, 0.25) is 0 Å². The van der Waals surface area contributed by atoms with Crippen LogP contribution in [0.4, 0.5) is 0 Å². The molecule has 1 amide bonds. The predicted molar refractivity (Wildman–Crippen MR) is 54.9 cm³/mol. The van der Waals surface area contributed by atoms with E-state index in [1.54, 1.807) is 18.4 Å². The summed E-state index contributed by atoms with van der Waals surface area (Å²) in [5, 5.41) is 3.37.